The van der Waals surface area contributed by atoms with E-state index in [1.165, 1.54) is 0 Å². The molecule has 1 aromatic carbocycles. The van der Waals surface area contributed by atoms with Crippen LogP contribution in [-0.4, -0.2) is 0 Å². The van der Waals surface area contributed by atoms with Crippen LogP contribution in [-0.2, 0) is 0 Å². The first-order valence-electron chi connectivity index (χ1n) is 5.81. The molecule has 0 amide bonds. The van der Waals surface area contributed by atoms with Gasteiger partial charge in [-0.2, -0.15) is 0 Å². The molecule has 0 saturated carbocycles. The fourth-order valence-corrected chi connectivity index (χ4v) is 2.48. The summed E-state index contributed by atoms with van der Waals surface area (Å²) in [6.07, 6.45) is 0.894. The zero-order chi connectivity index (χ0) is 13.2. The van der Waals surface area contributed by atoms with Gasteiger partial charge in [-0.1, -0.05) is 50.9 Å². The van der Waals surface area contributed by atoms with E-state index in [0.717, 1.165) is 12.0 Å². The molecule has 2 atom stereocenters. The Bertz CT molecular complexity index is 380. The third-order valence-corrected chi connectivity index (χ3v) is 4.33. The van der Waals surface area contributed by atoms with Crippen LogP contribution in [0.1, 0.15) is 45.1 Å². The molecule has 0 N–H and O–H groups in total. The quantitative estimate of drug-likeness (QED) is 0.570. The summed E-state index contributed by atoms with van der Waals surface area (Å²) in [5.41, 5.74) is 1.18. The van der Waals surface area contributed by atoms with Crippen LogP contribution in [0.4, 0.5) is 0 Å². The fourth-order valence-electron chi connectivity index (χ4n) is 1.55. The molecule has 0 aliphatic carbocycles. The second-order valence-electron chi connectivity index (χ2n) is 5.64. The van der Waals surface area contributed by atoms with Gasteiger partial charge in [0.15, 0.2) is 0 Å². The largest absolute Gasteiger partial charge is 0.118 e. The van der Waals surface area contributed by atoms with Gasteiger partial charge in [0.2, 0.25) is 0 Å². The van der Waals surface area contributed by atoms with Gasteiger partial charge in [-0.15, -0.1) is 11.6 Å². The van der Waals surface area contributed by atoms with Gasteiger partial charge in [-0.3, -0.25) is 0 Å². The second kappa shape index (κ2) is 5.82. The van der Waals surface area contributed by atoms with Crippen LogP contribution >= 0.6 is 34.8 Å². The van der Waals surface area contributed by atoms with Crippen LogP contribution in [0.2, 0.25) is 10.0 Å². The van der Waals surface area contributed by atoms with Gasteiger partial charge in [0.05, 0.1) is 5.38 Å². The van der Waals surface area contributed by atoms with Gasteiger partial charge < -0.3 is 0 Å². The van der Waals surface area contributed by atoms with Crippen molar-refractivity contribution in [1.29, 1.82) is 0 Å². The van der Waals surface area contributed by atoms with Crippen molar-refractivity contribution in [2.75, 3.05) is 0 Å². The van der Waals surface area contributed by atoms with Crippen molar-refractivity contribution < 1.29 is 0 Å². The normalized spacial score (nSPS) is 15.7. The molecule has 2 unspecified atom stereocenters. The van der Waals surface area contributed by atoms with E-state index in [2.05, 4.69) is 27.7 Å². The molecule has 0 saturated heterocycles. The van der Waals surface area contributed by atoms with Gasteiger partial charge in [-0.05, 0) is 41.5 Å². The Balaban J connectivity index is 2.83. The van der Waals surface area contributed by atoms with Crippen LogP contribution < -0.4 is 0 Å². The van der Waals surface area contributed by atoms with Gasteiger partial charge >= 0.3 is 0 Å². The highest BCUT2D eigenvalue weighted by Gasteiger charge is 2.24. The predicted octanol–water partition coefficient (Wildman–Crippen LogP) is 6.35. The third kappa shape index (κ3) is 4.35. The highest BCUT2D eigenvalue weighted by Crippen LogP contribution is 2.39. The van der Waals surface area contributed by atoms with Gasteiger partial charge in [0, 0.05) is 10.0 Å². The summed E-state index contributed by atoms with van der Waals surface area (Å²) in [6, 6.07) is 5.44. The number of halogens is 3. The van der Waals surface area contributed by atoms with E-state index in [-0.39, 0.29) is 10.8 Å². The number of rotatable bonds is 3. The molecule has 0 heterocycles. The fraction of sp³-hybridized carbons (Fsp3) is 0.571. The highest BCUT2D eigenvalue weighted by atomic mass is 35.5. The zero-order valence-corrected chi connectivity index (χ0v) is 13.0. The lowest BCUT2D eigenvalue weighted by molar-refractivity contribution is 0.245. The van der Waals surface area contributed by atoms with E-state index in [1.807, 2.05) is 6.07 Å². The van der Waals surface area contributed by atoms with Crippen LogP contribution in [0.15, 0.2) is 18.2 Å². The van der Waals surface area contributed by atoms with E-state index >= 15 is 0 Å². The summed E-state index contributed by atoms with van der Waals surface area (Å²) in [5, 5.41) is 1.28. The number of hydrogen-bond donors (Lipinski definition) is 0. The molecular weight excluding hydrogens is 275 g/mol. The first-order valence-corrected chi connectivity index (χ1v) is 7.00. The Morgan fingerprint density at radius 2 is 1.76 bits per heavy atom. The van der Waals surface area contributed by atoms with Crippen molar-refractivity contribution in [3.05, 3.63) is 33.8 Å². The summed E-state index contributed by atoms with van der Waals surface area (Å²) < 4.78 is 0. The van der Waals surface area contributed by atoms with E-state index in [9.17, 15) is 0 Å². The van der Waals surface area contributed by atoms with Crippen molar-refractivity contribution in [1.82, 2.24) is 0 Å². The Labute approximate surface area is 119 Å². The maximum atomic E-state index is 6.44. The van der Waals surface area contributed by atoms with Crippen LogP contribution in [0.3, 0.4) is 0 Å². The first kappa shape index (κ1) is 15.1. The second-order valence-corrected chi connectivity index (χ2v) is 7.01. The molecule has 0 fully saturated rings. The third-order valence-electron chi connectivity index (χ3n) is 3.33. The van der Waals surface area contributed by atoms with Gasteiger partial charge in [0.25, 0.3) is 0 Å². The molecule has 1 aromatic rings. The van der Waals surface area contributed by atoms with Crippen LogP contribution in [0.5, 0.6) is 0 Å². The lowest BCUT2D eigenvalue weighted by Crippen LogP contribution is -2.18. The van der Waals surface area contributed by atoms with Crippen molar-refractivity contribution >= 4 is 34.8 Å². The molecule has 17 heavy (non-hydrogen) atoms. The van der Waals surface area contributed by atoms with Crippen molar-refractivity contribution in [3.8, 4) is 0 Å². The van der Waals surface area contributed by atoms with E-state index < -0.39 is 0 Å². The molecular formula is C14H19Cl3. The van der Waals surface area contributed by atoms with Crippen LogP contribution in [0, 0.1) is 11.3 Å². The summed E-state index contributed by atoms with van der Waals surface area (Å²) in [4.78, 5) is 0. The molecule has 0 radical (unpaired) electrons. The van der Waals surface area contributed by atoms with E-state index in [0.29, 0.717) is 16.0 Å². The molecule has 0 aliphatic heterocycles. The molecule has 0 aliphatic rings. The Morgan fingerprint density at radius 3 is 2.29 bits per heavy atom. The van der Waals surface area contributed by atoms with Crippen molar-refractivity contribution in [2.45, 2.75) is 39.5 Å². The molecule has 3 heteroatoms. The molecule has 0 aromatic heterocycles. The number of benzene rings is 1. The van der Waals surface area contributed by atoms with Gasteiger partial charge in [0.1, 0.15) is 0 Å². The average Bonchev–Trinajstić information content (AvgIpc) is 2.20. The van der Waals surface area contributed by atoms with Crippen molar-refractivity contribution in [3.63, 3.8) is 0 Å². The highest BCUT2D eigenvalue weighted by molar-refractivity contribution is 6.34. The monoisotopic (exact) mass is 292 g/mol. The maximum Gasteiger partial charge on any atom is 0.0603 e. The Morgan fingerprint density at radius 1 is 1.18 bits per heavy atom. The van der Waals surface area contributed by atoms with E-state index in [4.69, 9.17) is 34.8 Å². The van der Waals surface area contributed by atoms with Gasteiger partial charge in [-0.25, -0.2) is 0 Å². The Kier molecular flexibility index (Phi) is 5.19. The number of alkyl halides is 1. The molecule has 0 bridgehead atoms. The maximum absolute atomic E-state index is 6.44. The minimum absolute atomic E-state index is 0.0876. The summed E-state index contributed by atoms with van der Waals surface area (Å²) >= 11 is 18.6. The molecule has 0 nitrogen and oxygen atoms in total. The van der Waals surface area contributed by atoms with Crippen LogP contribution in [0.25, 0.3) is 0 Å². The molecule has 1 rings (SSSR count). The lowest BCUT2D eigenvalue weighted by Gasteiger charge is -2.29. The van der Waals surface area contributed by atoms with Crippen molar-refractivity contribution in [2.24, 2.45) is 11.3 Å². The SMILES string of the molecule is CC(CC(Cl)c1cc(Cl)ccc1Cl)C(C)(C)C. The predicted molar refractivity (Wildman–Crippen MR) is 78.3 cm³/mol. The summed E-state index contributed by atoms with van der Waals surface area (Å²) in [7, 11) is 0. The Hall–Kier alpha value is 0.0900. The summed E-state index contributed by atoms with van der Waals surface area (Å²) in [6.45, 7) is 8.89. The molecule has 96 valence electrons. The van der Waals surface area contributed by atoms with E-state index in [1.54, 1.807) is 12.1 Å². The minimum atomic E-state index is -0.0876. The molecule has 0 spiro atoms. The first-order chi connectivity index (χ1) is 7.71. The lowest BCUT2D eigenvalue weighted by atomic mass is 9.79. The minimum Gasteiger partial charge on any atom is -0.118 e. The zero-order valence-electron chi connectivity index (χ0n) is 10.7. The smallest absolute Gasteiger partial charge is 0.0603 e. The topological polar surface area (TPSA) is 0 Å². The number of hydrogen-bond acceptors (Lipinski definition) is 0. The standard InChI is InChI=1S/C14H19Cl3/c1-9(14(2,3)4)7-13(17)11-8-10(15)5-6-12(11)16/h5-6,8-9,13H,7H2,1-4H3. The average molecular weight is 294 g/mol. The summed E-state index contributed by atoms with van der Waals surface area (Å²) in [5.74, 6) is 0.514.